The lowest BCUT2D eigenvalue weighted by Gasteiger charge is -2.28. The van der Waals surface area contributed by atoms with Crippen LogP contribution in [-0.2, 0) is 20.9 Å². The van der Waals surface area contributed by atoms with Crippen LogP contribution >= 0.6 is 0 Å². The second-order valence-corrected chi connectivity index (χ2v) is 6.94. The van der Waals surface area contributed by atoms with Crippen LogP contribution in [0.25, 0.3) is 0 Å². The molecule has 0 spiro atoms. The summed E-state index contributed by atoms with van der Waals surface area (Å²) in [4.78, 5) is 27.2. The fourth-order valence-electron chi connectivity index (χ4n) is 3.50. The third kappa shape index (κ3) is 4.86. The number of carbonyl (C=O) groups excluding carboxylic acids is 2. The zero-order valence-electron chi connectivity index (χ0n) is 17.4. The summed E-state index contributed by atoms with van der Waals surface area (Å²) < 4.78 is 23.9. The monoisotopic (exact) mass is 428 g/mol. The van der Waals surface area contributed by atoms with E-state index >= 15 is 0 Å². The molecule has 0 fully saturated rings. The van der Waals surface area contributed by atoms with Gasteiger partial charge in [0.1, 0.15) is 11.6 Å². The molecule has 8 heteroatoms. The summed E-state index contributed by atoms with van der Waals surface area (Å²) in [6, 6.07) is 11.9. The maximum Gasteiger partial charge on any atom is 0.290 e. The third-order valence-electron chi connectivity index (χ3n) is 4.96. The van der Waals surface area contributed by atoms with Crippen LogP contribution in [0.1, 0.15) is 24.1 Å². The smallest absolute Gasteiger partial charge is 0.290 e. The first-order chi connectivity index (χ1) is 15.0. The van der Waals surface area contributed by atoms with Crippen molar-refractivity contribution >= 4 is 11.8 Å². The summed E-state index contributed by atoms with van der Waals surface area (Å²) in [7, 11) is 1.51. The molecule has 0 saturated carbocycles. The number of amides is 2. The van der Waals surface area contributed by atoms with Gasteiger partial charge in [-0.2, -0.15) is 0 Å². The van der Waals surface area contributed by atoms with Crippen LogP contribution in [0.5, 0.6) is 5.75 Å². The number of carbonyl (C=O) groups is 2. The van der Waals surface area contributed by atoms with Crippen LogP contribution in [0, 0.1) is 5.82 Å². The molecular weight excluding hydrogens is 403 g/mol. The van der Waals surface area contributed by atoms with E-state index in [0.29, 0.717) is 23.5 Å². The predicted octanol–water partition coefficient (Wildman–Crippen LogP) is 2.88. The minimum atomic E-state index is -0.835. The van der Waals surface area contributed by atoms with Gasteiger partial charge in [-0.1, -0.05) is 30.3 Å². The maximum absolute atomic E-state index is 13.1. The van der Waals surface area contributed by atoms with Crippen LogP contribution < -0.4 is 10.1 Å². The Kier molecular flexibility index (Phi) is 7.25. The molecule has 0 bridgehead atoms. The third-order valence-corrected chi connectivity index (χ3v) is 4.96. The number of aliphatic hydroxyl groups is 1. The van der Waals surface area contributed by atoms with Crippen molar-refractivity contribution in [2.75, 3.05) is 26.9 Å². The van der Waals surface area contributed by atoms with Gasteiger partial charge >= 0.3 is 0 Å². The van der Waals surface area contributed by atoms with Crippen LogP contribution in [-0.4, -0.2) is 48.7 Å². The van der Waals surface area contributed by atoms with E-state index in [4.69, 9.17) is 9.47 Å². The summed E-state index contributed by atoms with van der Waals surface area (Å²) in [6.07, 6.45) is 0. The van der Waals surface area contributed by atoms with Crippen LogP contribution in [0.2, 0.25) is 0 Å². The number of para-hydroxylation sites is 1. The van der Waals surface area contributed by atoms with E-state index < -0.39 is 23.6 Å². The second-order valence-electron chi connectivity index (χ2n) is 6.94. The highest BCUT2D eigenvalue weighted by atomic mass is 19.1. The fourth-order valence-corrected chi connectivity index (χ4v) is 3.50. The molecule has 1 aliphatic rings. The van der Waals surface area contributed by atoms with Crippen LogP contribution in [0.15, 0.2) is 59.9 Å². The van der Waals surface area contributed by atoms with Crippen molar-refractivity contribution in [3.05, 3.63) is 76.8 Å². The van der Waals surface area contributed by atoms with Gasteiger partial charge in [-0.3, -0.25) is 9.59 Å². The Bertz CT molecular complexity index is 974. The lowest BCUT2D eigenvalue weighted by atomic mass is 9.97. The lowest BCUT2D eigenvalue weighted by molar-refractivity contribution is -0.130. The lowest BCUT2D eigenvalue weighted by Crippen LogP contribution is -2.35. The summed E-state index contributed by atoms with van der Waals surface area (Å²) >= 11 is 0. The highest BCUT2D eigenvalue weighted by Gasteiger charge is 2.44. The molecule has 2 amide bonds. The molecule has 31 heavy (non-hydrogen) atoms. The maximum atomic E-state index is 13.1. The van der Waals surface area contributed by atoms with Crippen molar-refractivity contribution in [2.45, 2.75) is 19.5 Å². The number of methoxy groups -OCH3 is 1. The average molecular weight is 428 g/mol. The normalized spacial score (nSPS) is 16.0. The van der Waals surface area contributed by atoms with Gasteiger partial charge in [0.05, 0.1) is 24.8 Å². The van der Waals surface area contributed by atoms with E-state index in [-0.39, 0.29) is 31.1 Å². The van der Waals surface area contributed by atoms with E-state index in [2.05, 4.69) is 5.32 Å². The number of hydrogen-bond acceptors (Lipinski definition) is 5. The highest BCUT2D eigenvalue weighted by molar-refractivity contribution is 6.08. The summed E-state index contributed by atoms with van der Waals surface area (Å²) in [6.45, 7) is 2.76. The Labute approximate surface area is 180 Å². The molecule has 0 aromatic heterocycles. The number of rotatable bonds is 9. The zero-order valence-corrected chi connectivity index (χ0v) is 17.4. The van der Waals surface area contributed by atoms with Gasteiger partial charge < -0.3 is 24.8 Å². The molecule has 0 radical (unpaired) electrons. The van der Waals surface area contributed by atoms with Crippen LogP contribution in [0.4, 0.5) is 4.39 Å². The quantitative estimate of drug-likeness (QED) is 0.641. The molecule has 3 rings (SSSR count). The average Bonchev–Trinajstić information content (AvgIpc) is 3.02. The Morgan fingerprint density at radius 2 is 1.90 bits per heavy atom. The second kappa shape index (κ2) is 10.1. The number of hydrogen-bond donors (Lipinski definition) is 2. The molecule has 1 atom stereocenters. The van der Waals surface area contributed by atoms with Crippen molar-refractivity contribution in [2.24, 2.45) is 0 Å². The Hall–Kier alpha value is -3.39. The van der Waals surface area contributed by atoms with Crippen LogP contribution in [0.3, 0.4) is 0 Å². The number of halogens is 1. The van der Waals surface area contributed by atoms with E-state index in [1.54, 1.807) is 36.4 Å². The van der Waals surface area contributed by atoms with Gasteiger partial charge in [-0.25, -0.2) is 4.39 Å². The molecule has 1 unspecified atom stereocenters. The molecule has 1 heterocycles. The first-order valence-electron chi connectivity index (χ1n) is 9.95. The first kappa shape index (κ1) is 22.3. The molecule has 2 aromatic rings. The SMILES string of the molecule is CCOc1ccccc1C1C(C(=O)NCc2ccc(F)cc2)=C(O)C(=O)N1CCOC. The Balaban J connectivity index is 1.93. The van der Waals surface area contributed by atoms with E-state index in [0.717, 1.165) is 0 Å². The van der Waals surface area contributed by atoms with Gasteiger partial charge in [0.15, 0.2) is 5.76 Å². The van der Waals surface area contributed by atoms with E-state index in [1.807, 2.05) is 6.92 Å². The summed E-state index contributed by atoms with van der Waals surface area (Å²) in [5, 5.41) is 13.3. The number of ether oxygens (including phenoxy) is 2. The van der Waals surface area contributed by atoms with Gasteiger partial charge in [0, 0.05) is 25.8 Å². The predicted molar refractivity (Wildman–Crippen MR) is 112 cm³/mol. The minimum Gasteiger partial charge on any atom is -0.503 e. The molecular formula is C23H25FN2O5. The molecule has 0 aliphatic carbocycles. The van der Waals surface area contributed by atoms with Crippen molar-refractivity contribution in [1.82, 2.24) is 10.2 Å². The fraction of sp³-hybridized carbons (Fsp3) is 0.304. The van der Waals surface area contributed by atoms with Gasteiger partial charge in [-0.15, -0.1) is 0 Å². The van der Waals surface area contributed by atoms with Crippen molar-refractivity contribution in [1.29, 1.82) is 0 Å². The van der Waals surface area contributed by atoms with Crippen molar-refractivity contribution in [3.8, 4) is 5.75 Å². The molecule has 2 N–H and O–H groups in total. The summed E-state index contributed by atoms with van der Waals surface area (Å²) in [5.74, 6) is -1.71. The number of nitrogens with one attached hydrogen (secondary N) is 1. The highest BCUT2D eigenvalue weighted by Crippen LogP contribution is 2.41. The standard InChI is InChI=1S/C23H25FN2O5/c1-3-31-18-7-5-4-6-17(18)20-19(21(27)23(29)26(20)12-13-30-2)22(28)25-14-15-8-10-16(24)11-9-15/h4-11,20,27H,3,12-14H2,1-2H3,(H,25,28). The number of nitrogens with zero attached hydrogens (tertiary/aromatic N) is 1. The molecule has 0 saturated heterocycles. The zero-order chi connectivity index (χ0) is 22.4. The van der Waals surface area contributed by atoms with Crippen molar-refractivity contribution in [3.63, 3.8) is 0 Å². The van der Waals surface area contributed by atoms with Gasteiger partial charge in [0.25, 0.3) is 11.8 Å². The largest absolute Gasteiger partial charge is 0.503 e. The Morgan fingerprint density at radius 1 is 1.19 bits per heavy atom. The molecule has 7 nitrogen and oxygen atoms in total. The van der Waals surface area contributed by atoms with Crippen molar-refractivity contribution < 1.29 is 28.6 Å². The molecule has 164 valence electrons. The number of aliphatic hydroxyl groups excluding tert-OH is 1. The summed E-state index contributed by atoms with van der Waals surface area (Å²) in [5.41, 5.74) is 1.21. The molecule has 2 aromatic carbocycles. The first-order valence-corrected chi connectivity index (χ1v) is 9.95. The van der Waals surface area contributed by atoms with E-state index in [1.165, 1.54) is 24.1 Å². The Morgan fingerprint density at radius 3 is 2.58 bits per heavy atom. The topological polar surface area (TPSA) is 88.1 Å². The minimum absolute atomic E-state index is 0.0598. The van der Waals surface area contributed by atoms with Gasteiger partial charge in [-0.05, 0) is 30.7 Å². The van der Waals surface area contributed by atoms with E-state index in [9.17, 15) is 19.1 Å². The number of benzene rings is 2. The van der Waals surface area contributed by atoms with Gasteiger partial charge in [0.2, 0.25) is 0 Å². The molecule has 1 aliphatic heterocycles.